The predicted octanol–water partition coefficient (Wildman–Crippen LogP) is 4.28. The molecule has 3 aromatic rings. The largest absolute Gasteiger partial charge is 0.508 e. The van der Waals surface area contributed by atoms with Gasteiger partial charge in [-0.3, -0.25) is 0 Å². The van der Waals surface area contributed by atoms with Gasteiger partial charge in [0.25, 0.3) is 0 Å². The van der Waals surface area contributed by atoms with Crippen LogP contribution in [-0.2, 0) is 0 Å². The zero-order chi connectivity index (χ0) is 15.7. The van der Waals surface area contributed by atoms with Gasteiger partial charge < -0.3 is 15.3 Å². The van der Waals surface area contributed by atoms with Gasteiger partial charge in [-0.25, -0.2) is 4.39 Å². The maximum absolute atomic E-state index is 14.4. The van der Waals surface area contributed by atoms with Crippen LogP contribution in [0.25, 0.3) is 22.3 Å². The third kappa shape index (κ3) is 2.46. The molecule has 0 unspecified atom stereocenters. The molecule has 3 N–H and O–H groups in total. The van der Waals surface area contributed by atoms with Crippen molar-refractivity contribution in [1.29, 1.82) is 0 Å². The fourth-order valence-corrected chi connectivity index (χ4v) is 2.40. The molecule has 3 rings (SSSR count). The summed E-state index contributed by atoms with van der Waals surface area (Å²) in [5, 5.41) is 28.9. The lowest BCUT2D eigenvalue weighted by Gasteiger charge is -2.13. The standard InChI is InChI=1S/C18H13FO3/c19-15-9-10-16(22)18(12-3-7-14(21)8-4-12)17(15)11-1-5-13(20)6-2-11/h1-10,20-22H. The van der Waals surface area contributed by atoms with Crippen LogP contribution >= 0.6 is 0 Å². The summed E-state index contributed by atoms with van der Waals surface area (Å²) in [6, 6.07) is 14.7. The smallest absolute Gasteiger partial charge is 0.131 e. The van der Waals surface area contributed by atoms with E-state index in [1.165, 1.54) is 36.4 Å². The van der Waals surface area contributed by atoms with Crippen molar-refractivity contribution in [3.05, 3.63) is 66.5 Å². The number of halogens is 1. The highest BCUT2D eigenvalue weighted by Crippen LogP contribution is 2.41. The monoisotopic (exact) mass is 296 g/mol. The van der Waals surface area contributed by atoms with Crippen LogP contribution < -0.4 is 0 Å². The van der Waals surface area contributed by atoms with E-state index < -0.39 is 5.82 Å². The van der Waals surface area contributed by atoms with Crippen molar-refractivity contribution in [3.8, 4) is 39.5 Å². The first-order valence-corrected chi connectivity index (χ1v) is 6.66. The average Bonchev–Trinajstić information content (AvgIpc) is 2.51. The van der Waals surface area contributed by atoms with Gasteiger partial charge in [0.15, 0.2) is 0 Å². The Hall–Kier alpha value is -3.01. The summed E-state index contributed by atoms with van der Waals surface area (Å²) in [4.78, 5) is 0. The molecule has 0 spiro atoms. The fourth-order valence-electron chi connectivity index (χ4n) is 2.40. The van der Waals surface area contributed by atoms with E-state index in [1.54, 1.807) is 24.3 Å². The molecule has 3 nitrogen and oxygen atoms in total. The Morgan fingerprint density at radius 1 is 0.545 bits per heavy atom. The molecule has 0 aliphatic heterocycles. The van der Waals surface area contributed by atoms with Crippen molar-refractivity contribution in [2.45, 2.75) is 0 Å². The van der Waals surface area contributed by atoms with Crippen molar-refractivity contribution in [1.82, 2.24) is 0 Å². The van der Waals surface area contributed by atoms with Gasteiger partial charge in [0.2, 0.25) is 0 Å². The van der Waals surface area contributed by atoms with E-state index >= 15 is 0 Å². The van der Waals surface area contributed by atoms with Crippen LogP contribution in [0.2, 0.25) is 0 Å². The van der Waals surface area contributed by atoms with E-state index in [1.807, 2.05) is 0 Å². The van der Waals surface area contributed by atoms with Crippen LogP contribution in [0.3, 0.4) is 0 Å². The maximum Gasteiger partial charge on any atom is 0.131 e. The lowest BCUT2D eigenvalue weighted by molar-refractivity contribution is 0.473. The van der Waals surface area contributed by atoms with E-state index in [0.717, 1.165) is 0 Å². The van der Waals surface area contributed by atoms with Crippen LogP contribution in [0.15, 0.2) is 60.7 Å². The molecule has 0 bridgehead atoms. The summed E-state index contributed by atoms with van der Waals surface area (Å²) in [6.45, 7) is 0. The lowest BCUT2D eigenvalue weighted by atomic mass is 9.93. The summed E-state index contributed by atoms with van der Waals surface area (Å²) in [6.07, 6.45) is 0. The predicted molar refractivity (Wildman–Crippen MR) is 82.3 cm³/mol. The number of rotatable bonds is 2. The molecule has 110 valence electrons. The van der Waals surface area contributed by atoms with Crippen molar-refractivity contribution in [2.24, 2.45) is 0 Å². The van der Waals surface area contributed by atoms with E-state index in [9.17, 15) is 19.7 Å². The number of aromatic hydroxyl groups is 3. The molecule has 0 heterocycles. The summed E-state index contributed by atoms with van der Waals surface area (Å²) >= 11 is 0. The zero-order valence-electron chi connectivity index (χ0n) is 11.5. The van der Waals surface area contributed by atoms with Crippen molar-refractivity contribution in [3.63, 3.8) is 0 Å². The second-order valence-electron chi connectivity index (χ2n) is 4.91. The second-order valence-corrected chi connectivity index (χ2v) is 4.91. The van der Waals surface area contributed by atoms with Crippen LogP contribution in [0.1, 0.15) is 0 Å². The fraction of sp³-hybridized carbons (Fsp3) is 0. The van der Waals surface area contributed by atoms with E-state index in [4.69, 9.17) is 0 Å². The van der Waals surface area contributed by atoms with Crippen molar-refractivity contribution in [2.75, 3.05) is 0 Å². The van der Waals surface area contributed by atoms with Gasteiger partial charge in [-0.2, -0.15) is 0 Å². The summed E-state index contributed by atoms with van der Waals surface area (Å²) < 4.78 is 14.4. The van der Waals surface area contributed by atoms with Gasteiger partial charge in [0.05, 0.1) is 0 Å². The molecule has 0 atom stereocenters. The number of hydrogen-bond acceptors (Lipinski definition) is 3. The lowest BCUT2D eigenvalue weighted by Crippen LogP contribution is -1.91. The zero-order valence-corrected chi connectivity index (χ0v) is 11.5. The normalized spacial score (nSPS) is 10.6. The SMILES string of the molecule is Oc1ccc(-c2c(O)ccc(F)c2-c2ccc(O)cc2)cc1. The maximum atomic E-state index is 14.4. The minimum absolute atomic E-state index is 0.0600. The Bertz CT molecular complexity index is 738. The van der Waals surface area contributed by atoms with Crippen LogP contribution in [0.4, 0.5) is 4.39 Å². The molecule has 0 saturated carbocycles. The molecular formula is C18H13FO3. The Morgan fingerprint density at radius 3 is 1.50 bits per heavy atom. The Labute approximate surface area is 126 Å². The first-order chi connectivity index (χ1) is 10.6. The van der Waals surface area contributed by atoms with E-state index in [0.29, 0.717) is 16.7 Å². The summed E-state index contributed by atoms with van der Waals surface area (Å²) in [7, 11) is 0. The molecule has 0 aliphatic carbocycles. The van der Waals surface area contributed by atoms with Crippen LogP contribution in [0.5, 0.6) is 17.2 Å². The average molecular weight is 296 g/mol. The highest BCUT2D eigenvalue weighted by molar-refractivity contribution is 5.88. The Morgan fingerprint density at radius 2 is 1.00 bits per heavy atom. The molecule has 0 fully saturated rings. The minimum atomic E-state index is -0.480. The van der Waals surface area contributed by atoms with Gasteiger partial charge >= 0.3 is 0 Å². The highest BCUT2D eigenvalue weighted by Gasteiger charge is 2.17. The van der Waals surface area contributed by atoms with Gasteiger partial charge in [0, 0.05) is 11.1 Å². The Kier molecular flexibility index (Phi) is 3.43. The van der Waals surface area contributed by atoms with E-state index in [2.05, 4.69) is 0 Å². The quantitative estimate of drug-likeness (QED) is 0.661. The number of phenolic OH excluding ortho intramolecular Hbond substituents is 3. The molecule has 0 saturated heterocycles. The molecule has 0 aromatic heterocycles. The molecular weight excluding hydrogens is 283 g/mol. The third-order valence-electron chi connectivity index (χ3n) is 3.44. The molecule has 0 aliphatic rings. The van der Waals surface area contributed by atoms with Crippen LogP contribution in [0, 0.1) is 5.82 Å². The number of hydrogen-bond donors (Lipinski definition) is 3. The van der Waals surface area contributed by atoms with Gasteiger partial charge in [-0.15, -0.1) is 0 Å². The number of phenols is 3. The minimum Gasteiger partial charge on any atom is -0.508 e. The first-order valence-electron chi connectivity index (χ1n) is 6.66. The number of benzene rings is 3. The van der Waals surface area contributed by atoms with Gasteiger partial charge in [-0.1, -0.05) is 24.3 Å². The summed E-state index contributed by atoms with van der Waals surface area (Å²) in [5.74, 6) is -0.372. The van der Waals surface area contributed by atoms with Gasteiger partial charge in [-0.05, 0) is 47.5 Å². The second kappa shape index (κ2) is 5.41. The van der Waals surface area contributed by atoms with Gasteiger partial charge in [0.1, 0.15) is 23.1 Å². The third-order valence-corrected chi connectivity index (χ3v) is 3.44. The molecule has 0 radical (unpaired) electrons. The van der Waals surface area contributed by atoms with E-state index in [-0.39, 0.29) is 22.8 Å². The topological polar surface area (TPSA) is 60.7 Å². The molecule has 22 heavy (non-hydrogen) atoms. The Balaban J connectivity index is 2.27. The summed E-state index contributed by atoms with van der Waals surface area (Å²) in [5.41, 5.74) is 1.70. The molecule has 3 aromatic carbocycles. The van der Waals surface area contributed by atoms with Crippen molar-refractivity contribution >= 4 is 0 Å². The highest BCUT2D eigenvalue weighted by atomic mass is 19.1. The van der Waals surface area contributed by atoms with Crippen molar-refractivity contribution < 1.29 is 19.7 Å². The molecule has 0 amide bonds. The molecule has 4 heteroatoms. The van der Waals surface area contributed by atoms with Crippen LogP contribution in [-0.4, -0.2) is 15.3 Å². The first kappa shape index (κ1) is 13.9.